The quantitative estimate of drug-likeness (QED) is 0.179. The summed E-state index contributed by atoms with van der Waals surface area (Å²) >= 11 is 0. The van der Waals surface area contributed by atoms with Gasteiger partial charge in [0.05, 0.1) is 16.7 Å². The fraction of sp³-hybridized carbons (Fsp3) is 0. The van der Waals surface area contributed by atoms with Crippen molar-refractivity contribution in [2.75, 3.05) is 0 Å². The molecule has 0 aliphatic heterocycles. The van der Waals surface area contributed by atoms with Crippen LogP contribution in [0.1, 0.15) is 0 Å². The molecule has 6 heteroatoms. The zero-order valence-electron chi connectivity index (χ0n) is 27.5. The summed E-state index contributed by atoms with van der Waals surface area (Å²) in [6.45, 7) is 0. The summed E-state index contributed by atoms with van der Waals surface area (Å²) in [5.74, 6) is 0. The molecule has 0 unspecified atom stereocenters. The molecule has 0 spiro atoms. The summed E-state index contributed by atoms with van der Waals surface area (Å²) in [5, 5.41) is 16.5. The third-order valence-corrected chi connectivity index (χ3v) is 9.51. The van der Waals surface area contributed by atoms with Crippen LogP contribution in [0.3, 0.4) is 0 Å². The Bertz CT molecular complexity index is 2460. The summed E-state index contributed by atoms with van der Waals surface area (Å²) < 4.78 is 6.20. The van der Waals surface area contributed by atoms with Gasteiger partial charge in [0.15, 0.2) is 16.9 Å². The van der Waals surface area contributed by atoms with Crippen LogP contribution in [0, 0.1) is 0 Å². The molecule has 0 saturated heterocycles. The van der Waals surface area contributed by atoms with E-state index in [1.807, 2.05) is 18.2 Å². The first-order valence-corrected chi connectivity index (χ1v) is 17.1. The van der Waals surface area contributed by atoms with Gasteiger partial charge in [-0.2, -0.15) is 28.8 Å². The summed E-state index contributed by atoms with van der Waals surface area (Å²) in [6.07, 6.45) is 0. The van der Waals surface area contributed by atoms with Gasteiger partial charge in [-0.05, 0) is 16.7 Å². The number of fused-ring (bicyclic) bond motifs is 6. The van der Waals surface area contributed by atoms with Crippen LogP contribution in [0.4, 0.5) is 0 Å². The number of hydrogen-bond donors (Lipinski definition) is 0. The van der Waals surface area contributed by atoms with Gasteiger partial charge in [0.2, 0.25) is 0 Å². The molecule has 10 aromatic rings. The topological polar surface area (TPSA) is 51.9 Å². The number of nitrogens with zero attached hydrogens (tertiary/aromatic N) is 6. The maximum absolute atomic E-state index is 5.51. The molecule has 0 atom stereocenters. The van der Waals surface area contributed by atoms with Crippen molar-refractivity contribution < 1.29 is 0 Å². The van der Waals surface area contributed by atoms with E-state index < -0.39 is 0 Å². The molecule has 10 rings (SSSR count). The van der Waals surface area contributed by atoms with Crippen molar-refractivity contribution >= 4 is 16.9 Å². The highest BCUT2D eigenvalue weighted by Crippen LogP contribution is 2.44. The zero-order valence-corrected chi connectivity index (χ0v) is 27.5. The van der Waals surface area contributed by atoms with E-state index in [2.05, 4.69) is 177 Å². The summed E-state index contributed by atoms with van der Waals surface area (Å²) in [4.78, 5) is 0. The summed E-state index contributed by atoms with van der Waals surface area (Å²) in [7, 11) is 0. The van der Waals surface area contributed by atoms with Crippen molar-refractivity contribution in [1.82, 2.24) is 28.8 Å². The van der Waals surface area contributed by atoms with Crippen LogP contribution in [0.5, 0.6) is 0 Å². The Kier molecular flexibility index (Phi) is 6.70. The van der Waals surface area contributed by atoms with Gasteiger partial charge in [-0.3, -0.25) is 0 Å². The lowest BCUT2D eigenvalue weighted by Gasteiger charge is -2.09. The van der Waals surface area contributed by atoms with Crippen molar-refractivity contribution in [1.29, 1.82) is 0 Å². The third kappa shape index (κ3) is 4.61. The fourth-order valence-electron chi connectivity index (χ4n) is 7.26. The van der Waals surface area contributed by atoms with E-state index in [1.54, 1.807) is 0 Å². The summed E-state index contributed by atoms with van der Waals surface area (Å²) in [5.41, 5.74) is 14.4. The number of rotatable bonds is 6. The second kappa shape index (κ2) is 11.8. The van der Waals surface area contributed by atoms with E-state index in [1.165, 1.54) is 0 Å². The van der Waals surface area contributed by atoms with E-state index in [0.717, 1.165) is 84.1 Å². The Morgan fingerprint density at radius 3 is 0.647 bits per heavy atom. The first-order valence-electron chi connectivity index (χ1n) is 17.1. The molecular weight excluding hydrogens is 625 g/mol. The smallest absolute Gasteiger partial charge is 0.169 e. The molecule has 0 bridgehead atoms. The molecule has 6 aromatic carbocycles. The van der Waals surface area contributed by atoms with Crippen LogP contribution in [0.25, 0.3) is 84.1 Å². The van der Waals surface area contributed by atoms with E-state index in [9.17, 15) is 0 Å². The van der Waals surface area contributed by atoms with Crippen molar-refractivity contribution in [3.63, 3.8) is 0 Å². The fourth-order valence-corrected chi connectivity index (χ4v) is 7.26. The second-order valence-electron chi connectivity index (χ2n) is 12.6. The monoisotopic (exact) mass is 654 g/mol. The molecule has 240 valence electrons. The minimum atomic E-state index is 0.860. The van der Waals surface area contributed by atoms with E-state index in [0.29, 0.717) is 0 Å². The Hall–Kier alpha value is -7.05. The average Bonchev–Trinajstić information content (AvgIpc) is 3.92. The molecule has 51 heavy (non-hydrogen) atoms. The van der Waals surface area contributed by atoms with Gasteiger partial charge < -0.3 is 0 Å². The Morgan fingerprint density at radius 1 is 0.235 bits per heavy atom. The van der Waals surface area contributed by atoms with Gasteiger partial charge in [0, 0.05) is 16.7 Å². The van der Waals surface area contributed by atoms with Gasteiger partial charge in [0.1, 0.15) is 17.1 Å². The van der Waals surface area contributed by atoms with Crippen molar-refractivity contribution in [2.45, 2.75) is 0 Å². The minimum absolute atomic E-state index is 0.860. The third-order valence-electron chi connectivity index (χ3n) is 9.51. The van der Waals surface area contributed by atoms with Crippen LogP contribution < -0.4 is 0 Å². The lowest BCUT2D eigenvalue weighted by molar-refractivity contribution is 0.832. The van der Waals surface area contributed by atoms with Crippen LogP contribution in [-0.4, -0.2) is 28.8 Å². The number of aromatic nitrogens is 6. The molecule has 4 aromatic heterocycles. The van der Waals surface area contributed by atoms with Gasteiger partial charge in [-0.1, -0.05) is 182 Å². The second-order valence-corrected chi connectivity index (χ2v) is 12.6. The molecule has 4 heterocycles. The zero-order chi connectivity index (χ0) is 33.7. The predicted molar refractivity (Wildman–Crippen MR) is 205 cm³/mol. The van der Waals surface area contributed by atoms with Gasteiger partial charge in [-0.15, -0.1) is 0 Å². The van der Waals surface area contributed by atoms with E-state index in [4.69, 9.17) is 15.3 Å². The van der Waals surface area contributed by atoms with Gasteiger partial charge >= 0.3 is 0 Å². The lowest BCUT2D eigenvalue weighted by atomic mass is 10.00. The van der Waals surface area contributed by atoms with Crippen molar-refractivity contribution in [3.8, 4) is 67.2 Å². The summed E-state index contributed by atoms with van der Waals surface area (Å²) in [6, 6.07) is 62.9. The normalized spacial score (nSPS) is 11.5. The standard InChI is InChI=1S/C45H30N6/c1-7-19-31(20-8-1)37-40(34-25-13-4-14-26-34)46-49-43(37)50-45(38(32-21-9-2-10-22-32)41(47-50)35-27-15-5-16-28-35)51-44(49)39(33-23-11-3-12-24-33)42(48-51)36-29-17-6-18-30-36/h1-30H. The minimum Gasteiger partial charge on any atom is -0.195 e. The molecule has 0 N–H and O–H groups in total. The Morgan fingerprint density at radius 2 is 0.431 bits per heavy atom. The Balaban J connectivity index is 1.50. The molecule has 0 fully saturated rings. The molecule has 6 nitrogen and oxygen atoms in total. The van der Waals surface area contributed by atoms with Crippen LogP contribution in [0.15, 0.2) is 182 Å². The maximum Gasteiger partial charge on any atom is 0.169 e. The molecule has 0 aliphatic carbocycles. The lowest BCUT2D eigenvalue weighted by Crippen LogP contribution is -2.06. The molecular formula is C45H30N6. The largest absolute Gasteiger partial charge is 0.195 e. The van der Waals surface area contributed by atoms with Crippen molar-refractivity contribution in [3.05, 3.63) is 182 Å². The highest BCUT2D eigenvalue weighted by Gasteiger charge is 2.30. The first kappa shape index (κ1) is 28.9. The highest BCUT2D eigenvalue weighted by molar-refractivity contribution is 6.00. The molecule has 0 amide bonds. The molecule has 0 radical (unpaired) electrons. The predicted octanol–water partition coefficient (Wildman–Crippen LogP) is 10.6. The van der Waals surface area contributed by atoms with Gasteiger partial charge in [-0.25, -0.2) is 0 Å². The van der Waals surface area contributed by atoms with E-state index >= 15 is 0 Å². The van der Waals surface area contributed by atoms with Crippen LogP contribution >= 0.6 is 0 Å². The van der Waals surface area contributed by atoms with Crippen LogP contribution in [-0.2, 0) is 0 Å². The molecule has 0 aliphatic rings. The van der Waals surface area contributed by atoms with Gasteiger partial charge in [0.25, 0.3) is 0 Å². The average molecular weight is 655 g/mol. The number of benzene rings is 6. The maximum atomic E-state index is 5.51. The SMILES string of the molecule is c1ccc(-c2nn3c(c2-c2ccccc2)n2nc(-c4ccccc4)c(-c4ccccc4)c2n2nc(-c4ccccc4)c(-c4ccccc4)c32)cc1. The Labute approximate surface area is 294 Å². The van der Waals surface area contributed by atoms with Crippen molar-refractivity contribution in [2.24, 2.45) is 0 Å². The highest BCUT2D eigenvalue weighted by atomic mass is 15.5. The van der Waals surface area contributed by atoms with E-state index in [-0.39, 0.29) is 0 Å². The first-order chi connectivity index (χ1) is 25.3. The number of hydrogen-bond acceptors (Lipinski definition) is 3. The molecule has 0 saturated carbocycles. The van der Waals surface area contributed by atoms with Crippen LogP contribution in [0.2, 0.25) is 0 Å².